The van der Waals surface area contributed by atoms with E-state index in [0.29, 0.717) is 0 Å². The Morgan fingerprint density at radius 1 is 1.46 bits per heavy atom. The van der Waals surface area contributed by atoms with Gasteiger partial charge < -0.3 is 15.6 Å². The zero-order valence-electron chi connectivity index (χ0n) is 8.30. The van der Waals surface area contributed by atoms with Crippen molar-refractivity contribution >= 4 is 0 Å². The lowest BCUT2D eigenvalue weighted by Crippen LogP contribution is -2.19. The van der Waals surface area contributed by atoms with E-state index in [1.807, 2.05) is 0 Å². The van der Waals surface area contributed by atoms with Gasteiger partial charge in [0.1, 0.15) is 0 Å². The number of nitrogens with zero attached hydrogens (tertiary/aromatic N) is 1. The Morgan fingerprint density at radius 2 is 2.15 bits per heavy atom. The molecule has 1 saturated carbocycles. The maximum absolute atomic E-state index is 6.07. The highest BCUT2D eigenvalue weighted by molar-refractivity contribution is 5.25. The molecule has 0 bridgehead atoms. The van der Waals surface area contributed by atoms with E-state index in [2.05, 4.69) is 36.1 Å². The van der Waals surface area contributed by atoms with Crippen molar-refractivity contribution in [3.05, 3.63) is 23.5 Å². The standard InChI is InChI=1S/C10H17N3/c1-13(2)7-8-3-4-9(12-8)10(11)5-6-10/h3-4,12H,5-7,11H2,1-2H3. The quantitative estimate of drug-likeness (QED) is 0.727. The Morgan fingerprint density at radius 3 is 2.69 bits per heavy atom. The topological polar surface area (TPSA) is 45.0 Å². The van der Waals surface area contributed by atoms with Crippen molar-refractivity contribution in [3.63, 3.8) is 0 Å². The van der Waals surface area contributed by atoms with E-state index in [0.717, 1.165) is 19.4 Å². The smallest absolute Gasteiger partial charge is 0.0563 e. The van der Waals surface area contributed by atoms with Crippen molar-refractivity contribution in [1.29, 1.82) is 0 Å². The van der Waals surface area contributed by atoms with E-state index in [1.54, 1.807) is 0 Å². The van der Waals surface area contributed by atoms with E-state index in [1.165, 1.54) is 11.4 Å². The van der Waals surface area contributed by atoms with Gasteiger partial charge in [0.05, 0.1) is 5.54 Å². The van der Waals surface area contributed by atoms with Gasteiger partial charge in [-0.25, -0.2) is 0 Å². The monoisotopic (exact) mass is 179 g/mol. The maximum atomic E-state index is 6.07. The summed E-state index contributed by atoms with van der Waals surface area (Å²) in [6.07, 6.45) is 2.24. The molecular formula is C10H17N3. The van der Waals surface area contributed by atoms with Gasteiger partial charge in [0.2, 0.25) is 0 Å². The Labute approximate surface area is 78.9 Å². The summed E-state index contributed by atoms with van der Waals surface area (Å²) in [7, 11) is 4.13. The number of aromatic amines is 1. The highest BCUT2D eigenvalue weighted by Crippen LogP contribution is 2.41. The minimum absolute atomic E-state index is 0.0233. The largest absolute Gasteiger partial charge is 0.360 e. The van der Waals surface area contributed by atoms with Crippen LogP contribution in [0.3, 0.4) is 0 Å². The number of H-pyrrole nitrogens is 1. The molecule has 2 rings (SSSR count). The number of hydrogen-bond acceptors (Lipinski definition) is 2. The molecular weight excluding hydrogens is 162 g/mol. The van der Waals surface area contributed by atoms with Crippen LogP contribution in [0.2, 0.25) is 0 Å². The van der Waals surface area contributed by atoms with Crippen LogP contribution in [0, 0.1) is 0 Å². The molecule has 0 saturated heterocycles. The van der Waals surface area contributed by atoms with Crippen LogP contribution >= 0.6 is 0 Å². The summed E-state index contributed by atoms with van der Waals surface area (Å²) in [5, 5.41) is 0. The molecule has 1 aliphatic carbocycles. The molecule has 1 fully saturated rings. The van der Waals surface area contributed by atoms with E-state index >= 15 is 0 Å². The first-order valence-corrected chi connectivity index (χ1v) is 4.72. The molecule has 3 N–H and O–H groups in total. The third-order valence-corrected chi connectivity index (χ3v) is 2.56. The second-order valence-corrected chi connectivity index (χ2v) is 4.29. The number of hydrogen-bond donors (Lipinski definition) is 2. The molecule has 0 aromatic carbocycles. The van der Waals surface area contributed by atoms with Crippen LogP contribution in [-0.4, -0.2) is 24.0 Å². The molecule has 1 heterocycles. The van der Waals surface area contributed by atoms with Gasteiger partial charge in [-0.3, -0.25) is 0 Å². The van der Waals surface area contributed by atoms with Crippen LogP contribution in [0.25, 0.3) is 0 Å². The molecule has 72 valence electrons. The summed E-state index contributed by atoms with van der Waals surface area (Å²) in [5.74, 6) is 0. The average Bonchev–Trinajstić information content (AvgIpc) is 2.62. The summed E-state index contributed by atoms with van der Waals surface area (Å²) < 4.78 is 0. The molecule has 0 spiro atoms. The van der Waals surface area contributed by atoms with Crippen molar-refractivity contribution in [2.24, 2.45) is 5.73 Å². The summed E-state index contributed by atoms with van der Waals surface area (Å²) in [6.45, 7) is 0.954. The third-order valence-electron chi connectivity index (χ3n) is 2.56. The molecule has 0 aliphatic heterocycles. The van der Waals surface area contributed by atoms with Gasteiger partial charge >= 0.3 is 0 Å². The molecule has 1 aromatic heterocycles. The third kappa shape index (κ3) is 1.76. The Bertz CT molecular complexity index is 297. The summed E-state index contributed by atoms with van der Waals surface area (Å²) in [4.78, 5) is 5.52. The van der Waals surface area contributed by atoms with Crippen molar-refractivity contribution in [2.45, 2.75) is 24.9 Å². The van der Waals surface area contributed by atoms with Crippen molar-refractivity contribution in [1.82, 2.24) is 9.88 Å². The molecule has 13 heavy (non-hydrogen) atoms. The fraction of sp³-hybridized carbons (Fsp3) is 0.600. The first kappa shape index (κ1) is 8.78. The first-order chi connectivity index (χ1) is 6.10. The molecule has 3 heteroatoms. The number of nitrogens with two attached hydrogens (primary N) is 1. The van der Waals surface area contributed by atoms with Crippen molar-refractivity contribution in [3.8, 4) is 0 Å². The summed E-state index contributed by atoms with van der Waals surface area (Å²) in [5.41, 5.74) is 8.49. The fourth-order valence-electron chi connectivity index (χ4n) is 1.57. The molecule has 3 nitrogen and oxygen atoms in total. The van der Waals surface area contributed by atoms with E-state index in [9.17, 15) is 0 Å². The van der Waals surface area contributed by atoms with Gasteiger partial charge in [0, 0.05) is 17.9 Å². The summed E-state index contributed by atoms with van der Waals surface area (Å²) >= 11 is 0. The first-order valence-electron chi connectivity index (χ1n) is 4.72. The maximum Gasteiger partial charge on any atom is 0.0563 e. The van der Waals surface area contributed by atoms with Crippen LogP contribution in [-0.2, 0) is 12.1 Å². The Hall–Kier alpha value is -0.800. The minimum atomic E-state index is -0.0233. The molecule has 0 radical (unpaired) electrons. The Kier molecular flexibility index (Phi) is 1.93. The lowest BCUT2D eigenvalue weighted by atomic mass is 10.2. The lowest BCUT2D eigenvalue weighted by molar-refractivity contribution is 0.397. The molecule has 1 aromatic rings. The van der Waals surface area contributed by atoms with Crippen molar-refractivity contribution in [2.75, 3.05) is 14.1 Å². The average molecular weight is 179 g/mol. The fourth-order valence-corrected chi connectivity index (χ4v) is 1.57. The van der Waals surface area contributed by atoms with Crippen LogP contribution in [0.5, 0.6) is 0 Å². The van der Waals surface area contributed by atoms with E-state index < -0.39 is 0 Å². The number of nitrogens with one attached hydrogen (secondary N) is 1. The second kappa shape index (κ2) is 2.86. The number of aromatic nitrogens is 1. The van der Waals surface area contributed by atoms with Gasteiger partial charge in [0.15, 0.2) is 0 Å². The van der Waals surface area contributed by atoms with Gasteiger partial charge in [-0.2, -0.15) is 0 Å². The second-order valence-electron chi connectivity index (χ2n) is 4.29. The van der Waals surface area contributed by atoms with Crippen molar-refractivity contribution < 1.29 is 0 Å². The van der Waals surface area contributed by atoms with Crippen LogP contribution in [0.4, 0.5) is 0 Å². The van der Waals surface area contributed by atoms with Crippen LogP contribution in [0.1, 0.15) is 24.2 Å². The van der Waals surface area contributed by atoms with Gasteiger partial charge in [0.25, 0.3) is 0 Å². The zero-order valence-corrected chi connectivity index (χ0v) is 8.30. The SMILES string of the molecule is CN(C)Cc1ccc(C2(N)CC2)[nH]1. The number of rotatable bonds is 3. The zero-order chi connectivity index (χ0) is 9.47. The van der Waals surface area contributed by atoms with E-state index in [4.69, 9.17) is 5.73 Å². The summed E-state index contributed by atoms with van der Waals surface area (Å²) in [6, 6.07) is 4.24. The molecule has 0 atom stereocenters. The molecule has 1 aliphatic rings. The molecule has 0 unspecified atom stereocenters. The predicted molar refractivity (Wildman–Crippen MR) is 53.3 cm³/mol. The highest BCUT2D eigenvalue weighted by Gasteiger charge is 2.41. The lowest BCUT2D eigenvalue weighted by Gasteiger charge is -2.08. The van der Waals surface area contributed by atoms with Gasteiger partial charge in [-0.1, -0.05) is 0 Å². The predicted octanol–water partition coefficient (Wildman–Crippen LogP) is 1.02. The Balaban J connectivity index is 2.09. The van der Waals surface area contributed by atoms with E-state index in [-0.39, 0.29) is 5.54 Å². The van der Waals surface area contributed by atoms with Gasteiger partial charge in [-0.05, 0) is 39.1 Å². The van der Waals surface area contributed by atoms with Crippen LogP contribution < -0.4 is 5.73 Å². The highest BCUT2D eigenvalue weighted by atomic mass is 15.1. The minimum Gasteiger partial charge on any atom is -0.360 e. The molecule has 0 amide bonds. The van der Waals surface area contributed by atoms with Gasteiger partial charge in [-0.15, -0.1) is 0 Å². The normalized spacial score (nSPS) is 19.4. The van der Waals surface area contributed by atoms with Crippen LogP contribution in [0.15, 0.2) is 12.1 Å².